The molecule has 0 spiro atoms. The molecule has 0 N–H and O–H groups in total. The number of aryl methyl sites for hydroxylation is 1. The van der Waals surface area contributed by atoms with E-state index in [0.29, 0.717) is 41.2 Å². The molecule has 0 bridgehead atoms. The van der Waals surface area contributed by atoms with Gasteiger partial charge in [0.25, 0.3) is 5.91 Å². The average molecular weight is 492 g/mol. The Labute approximate surface area is 203 Å². The van der Waals surface area contributed by atoms with Gasteiger partial charge in [0.05, 0.1) is 35.0 Å². The van der Waals surface area contributed by atoms with E-state index in [1.807, 2.05) is 19.1 Å². The standard InChI is InChI=1S/C24H27Cl2N3O4/c1-16-3-5-17(6-4-16)21(13-28-7-9-32-10-8-28)27(2)23(30)14-29-20-11-18(25)19(26)12-22(20)33-15-24(29)31/h3-6,11-12,21H,7-10,13-15H2,1-2H3. The zero-order chi connectivity index (χ0) is 23.5. The van der Waals surface area contributed by atoms with Crippen LogP contribution in [0.5, 0.6) is 5.75 Å². The lowest BCUT2D eigenvalue weighted by Gasteiger charge is -2.37. The highest BCUT2D eigenvalue weighted by Crippen LogP contribution is 2.39. The first-order chi connectivity index (χ1) is 15.8. The van der Waals surface area contributed by atoms with Gasteiger partial charge in [-0.2, -0.15) is 0 Å². The monoisotopic (exact) mass is 491 g/mol. The minimum atomic E-state index is -0.303. The Bertz CT molecular complexity index is 1030. The van der Waals surface area contributed by atoms with Crippen LogP contribution in [0.3, 0.4) is 0 Å². The summed E-state index contributed by atoms with van der Waals surface area (Å²) in [6.07, 6.45) is 0. The van der Waals surface area contributed by atoms with Gasteiger partial charge in [0, 0.05) is 32.7 Å². The molecule has 0 radical (unpaired) electrons. The van der Waals surface area contributed by atoms with Crippen LogP contribution in [-0.2, 0) is 14.3 Å². The molecule has 176 valence electrons. The van der Waals surface area contributed by atoms with Crippen molar-refractivity contribution in [1.29, 1.82) is 0 Å². The first kappa shape index (κ1) is 23.8. The third-order valence-electron chi connectivity index (χ3n) is 6.10. The second-order valence-corrected chi connectivity index (χ2v) is 9.16. The summed E-state index contributed by atoms with van der Waals surface area (Å²) in [6.45, 7) is 5.45. The molecule has 1 unspecified atom stereocenters. The second-order valence-electron chi connectivity index (χ2n) is 8.35. The van der Waals surface area contributed by atoms with E-state index < -0.39 is 0 Å². The lowest BCUT2D eigenvalue weighted by molar-refractivity contribution is -0.133. The number of carbonyl (C=O) groups is 2. The fourth-order valence-electron chi connectivity index (χ4n) is 4.06. The molecular formula is C24H27Cl2N3O4. The lowest BCUT2D eigenvalue weighted by atomic mass is 10.0. The van der Waals surface area contributed by atoms with Crippen molar-refractivity contribution in [2.45, 2.75) is 13.0 Å². The van der Waals surface area contributed by atoms with E-state index >= 15 is 0 Å². The average Bonchev–Trinajstić information content (AvgIpc) is 2.81. The Balaban J connectivity index is 1.57. The highest BCUT2D eigenvalue weighted by molar-refractivity contribution is 6.42. The van der Waals surface area contributed by atoms with Gasteiger partial charge in [-0.1, -0.05) is 53.0 Å². The van der Waals surface area contributed by atoms with E-state index in [0.717, 1.165) is 24.2 Å². The number of halogens is 2. The lowest BCUT2D eigenvalue weighted by Crippen LogP contribution is -2.48. The Kier molecular flexibility index (Phi) is 7.44. The first-order valence-corrected chi connectivity index (χ1v) is 11.6. The number of carbonyl (C=O) groups excluding carboxylic acids is 2. The maximum Gasteiger partial charge on any atom is 0.265 e. The summed E-state index contributed by atoms with van der Waals surface area (Å²) in [5.41, 5.74) is 2.65. The van der Waals surface area contributed by atoms with Gasteiger partial charge >= 0.3 is 0 Å². The van der Waals surface area contributed by atoms with Crippen molar-refractivity contribution in [2.24, 2.45) is 0 Å². The van der Waals surface area contributed by atoms with Gasteiger partial charge in [-0.05, 0) is 18.6 Å². The van der Waals surface area contributed by atoms with Crippen LogP contribution in [0.15, 0.2) is 36.4 Å². The molecule has 1 saturated heterocycles. The number of morpholine rings is 1. The topological polar surface area (TPSA) is 62.3 Å². The van der Waals surface area contributed by atoms with Gasteiger partial charge in [0.1, 0.15) is 12.3 Å². The maximum atomic E-state index is 13.4. The molecule has 2 heterocycles. The second kappa shape index (κ2) is 10.3. The molecule has 1 atom stereocenters. The number of hydrogen-bond acceptors (Lipinski definition) is 5. The Morgan fingerprint density at radius 3 is 2.48 bits per heavy atom. The van der Waals surface area contributed by atoms with Crippen molar-refractivity contribution < 1.29 is 19.1 Å². The van der Waals surface area contributed by atoms with Crippen LogP contribution < -0.4 is 9.64 Å². The summed E-state index contributed by atoms with van der Waals surface area (Å²) in [6, 6.07) is 11.2. The largest absolute Gasteiger partial charge is 0.482 e. The fourth-order valence-corrected chi connectivity index (χ4v) is 4.37. The summed E-state index contributed by atoms with van der Waals surface area (Å²) in [7, 11) is 1.79. The molecule has 2 amide bonds. The first-order valence-electron chi connectivity index (χ1n) is 10.9. The number of nitrogens with zero attached hydrogens (tertiary/aromatic N) is 3. The molecule has 9 heteroatoms. The number of likely N-dealkylation sites (N-methyl/N-ethyl adjacent to an activating group) is 1. The van der Waals surface area contributed by atoms with Crippen molar-refractivity contribution in [3.05, 3.63) is 57.6 Å². The zero-order valence-electron chi connectivity index (χ0n) is 18.7. The molecule has 2 aliphatic rings. The molecular weight excluding hydrogens is 465 g/mol. The van der Waals surface area contributed by atoms with Crippen molar-refractivity contribution in [3.63, 3.8) is 0 Å². The fraction of sp³-hybridized carbons (Fsp3) is 0.417. The normalized spacial score (nSPS) is 17.3. The Morgan fingerprint density at radius 2 is 1.79 bits per heavy atom. The summed E-state index contributed by atoms with van der Waals surface area (Å²) in [5.74, 6) is -0.0494. The highest BCUT2D eigenvalue weighted by atomic mass is 35.5. The van der Waals surface area contributed by atoms with Gasteiger partial charge in [-0.15, -0.1) is 0 Å². The van der Waals surface area contributed by atoms with Crippen LogP contribution in [0.2, 0.25) is 10.0 Å². The third-order valence-corrected chi connectivity index (χ3v) is 6.82. The predicted molar refractivity (Wildman–Crippen MR) is 128 cm³/mol. The number of benzene rings is 2. The number of hydrogen-bond donors (Lipinski definition) is 0. The van der Waals surface area contributed by atoms with Gasteiger partial charge in [-0.3, -0.25) is 19.4 Å². The highest BCUT2D eigenvalue weighted by Gasteiger charge is 2.32. The summed E-state index contributed by atoms with van der Waals surface area (Å²) < 4.78 is 11.0. The van der Waals surface area contributed by atoms with Crippen LogP contribution >= 0.6 is 23.2 Å². The molecule has 2 aromatic carbocycles. The number of ether oxygens (including phenoxy) is 2. The van der Waals surface area contributed by atoms with Gasteiger partial charge in [-0.25, -0.2) is 0 Å². The van der Waals surface area contributed by atoms with Crippen molar-refractivity contribution in [1.82, 2.24) is 9.80 Å². The zero-order valence-corrected chi connectivity index (χ0v) is 20.2. The van der Waals surface area contributed by atoms with Gasteiger partial charge in [0.15, 0.2) is 6.61 Å². The molecule has 33 heavy (non-hydrogen) atoms. The van der Waals surface area contributed by atoms with Crippen molar-refractivity contribution >= 4 is 40.7 Å². The van der Waals surface area contributed by atoms with Gasteiger partial charge in [0.2, 0.25) is 5.91 Å². The van der Waals surface area contributed by atoms with Crippen LogP contribution in [0, 0.1) is 6.92 Å². The van der Waals surface area contributed by atoms with Gasteiger partial charge < -0.3 is 14.4 Å². The molecule has 2 aromatic rings. The van der Waals surface area contributed by atoms with E-state index in [4.69, 9.17) is 32.7 Å². The number of anilines is 1. The van der Waals surface area contributed by atoms with E-state index in [1.165, 1.54) is 4.90 Å². The van der Waals surface area contributed by atoms with Crippen molar-refractivity contribution in [2.75, 3.05) is 57.9 Å². The summed E-state index contributed by atoms with van der Waals surface area (Å²) >= 11 is 12.3. The molecule has 1 fully saturated rings. The molecule has 7 nitrogen and oxygen atoms in total. The predicted octanol–water partition coefficient (Wildman–Crippen LogP) is 3.56. The molecule has 0 saturated carbocycles. The Morgan fingerprint density at radius 1 is 1.12 bits per heavy atom. The minimum absolute atomic E-state index is 0.116. The van der Waals surface area contributed by atoms with E-state index in [1.54, 1.807) is 24.1 Å². The van der Waals surface area contributed by atoms with E-state index in [-0.39, 0.29) is 31.0 Å². The summed E-state index contributed by atoms with van der Waals surface area (Å²) in [4.78, 5) is 31.5. The number of fused-ring (bicyclic) bond motifs is 1. The minimum Gasteiger partial charge on any atom is -0.482 e. The van der Waals surface area contributed by atoms with E-state index in [9.17, 15) is 9.59 Å². The van der Waals surface area contributed by atoms with Crippen LogP contribution in [-0.4, -0.2) is 74.7 Å². The summed E-state index contributed by atoms with van der Waals surface area (Å²) in [5, 5.41) is 0.627. The smallest absolute Gasteiger partial charge is 0.265 e. The Hall–Kier alpha value is -2.32. The maximum absolute atomic E-state index is 13.4. The quantitative estimate of drug-likeness (QED) is 0.618. The SMILES string of the molecule is Cc1ccc(C(CN2CCOCC2)N(C)C(=O)CN2C(=O)COc3cc(Cl)c(Cl)cc32)cc1. The molecule has 0 aromatic heterocycles. The molecule has 0 aliphatic carbocycles. The van der Waals surface area contributed by atoms with Crippen LogP contribution in [0.4, 0.5) is 5.69 Å². The van der Waals surface area contributed by atoms with E-state index in [2.05, 4.69) is 17.0 Å². The third kappa shape index (κ3) is 5.44. The number of rotatable bonds is 6. The number of amides is 2. The van der Waals surface area contributed by atoms with Crippen LogP contribution in [0.25, 0.3) is 0 Å². The molecule has 4 rings (SSSR count). The van der Waals surface area contributed by atoms with Crippen LogP contribution in [0.1, 0.15) is 17.2 Å². The molecule has 2 aliphatic heterocycles. The van der Waals surface area contributed by atoms with Crippen molar-refractivity contribution in [3.8, 4) is 5.75 Å².